The number of fused-ring (bicyclic) bond motifs is 3. The molecule has 2 bridgehead atoms. The molecule has 2 fully saturated rings. The summed E-state index contributed by atoms with van der Waals surface area (Å²) in [5.41, 5.74) is 13.1. The molecule has 0 radical (unpaired) electrons. The van der Waals surface area contributed by atoms with Crippen LogP contribution < -0.4 is 5.73 Å². The molecule has 38 heavy (non-hydrogen) atoms. The maximum atomic E-state index is 13.1. The SMILES string of the molecule is Cc1c([C@@H]2C[C@H]3CC[C@@H](C2)N3C(=O)c2nnc[nH]2)nc2c(-c3ccc(-c4ccccc4)nc3)cnn2c1N. The zero-order valence-electron chi connectivity index (χ0n) is 21.0. The largest absolute Gasteiger partial charge is 0.383 e. The smallest absolute Gasteiger partial charge is 0.292 e. The van der Waals surface area contributed by atoms with E-state index in [0.29, 0.717) is 11.6 Å². The van der Waals surface area contributed by atoms with E-state index in [1.807, 2.05) is 60.6 Å². The lowest BCUT2D eigenvalue weighted by molar-refractivity contribution is 0.0557. The third-order valence-corrected chi connectivity index (χ3v) is 8.08. The highest BCUT2D eigenvalue weighted by atomic mass is 16.2. The maximum Gasteiger partial charge on any atom is 0.292 e. The van der Waals surface area contributed by atoms with Crippen molar-refractivity contribution < 1.29 is 4.79 Å². The summed E-state index contributed by atoms with van der Waals surface area (Å²) in [6.07, 6.45) is 8.77. The number of piperidine rings is 1. The number of H-pyrrole nitrogens is 1. The Hall–Kier alpha value is -4.60. The van der Waals surface area contributed by atoms with E-state index in [2.05, 4.69) is 26.3 Å². The van der Waals surface area contributed by atoms with Gasteiger partial charge in [0.15, 0.2) is 5.65 Å². The first kappa shape index (κ1) is 22.6. The molecule has 5 aromatic rings. The van der Waals surface area contributed by atoms with Gasteiger partial charge in [-0.15, -0.1) is 10.2 Å². The van der Waals surface area contributed by atoms with Crippen molar-refractivity contribution in [1.82, 2.24) is 39.7 Å². The van der Waals surface area contributed by atoms with Crippen molar-refractivity contribution in [3.8, 4) is 22.4 Å². The molecule has 1 aromatic carbocycles. The van der Waals surface area contributed by atoms with Gasteiger partial charge in [-0.3, -0.25) is 9.78 Å². The molecule has 4 aromatic heterocycles. The van der Waals surface area contributed by atoms with Crippen molar-refractivity contribution in [3.63, 3.8) is 0 Å². The number of pyridine rings is 1. The molecule has 0 unspecified atom stereocenters. The number of nitrogens with two attached hydrogens (primary N) is 1. The minimum absolute atomic E-state index is 0.0716. The van der Waals surface area contributed by atoms with Gasteiger partial charge in [0.1, 0.15) is 12.1 Å². The molecule has 10 heteroatoms. The zero-order valence-corrected chi connectivity index (χ0v) is 21.0. The van der Waals surface area contributed by atoms with E-state index in [-0.39, 0.29) is 23.9 Å². The fourth-order valence-corrected chi connectivity index (χ4v) is 6.21. The molecule has 6 heterocycles. The van der Waals surface area contributed by atoms with Crippen molar-refractivity contribution >= 4 is 17.4 Å². The van der Waals surface area contributed by atoms with Gasteiger partial charge in [-0.25, -0.2) is 4.98 Å². The molecule has 0 spiro atoms. The summed E-state index contributed by atoms with van der Waals surface area (Å²) in [5.74, 6) is 1.03. The molecule has 3 N–H and O–H groups in total. The van der Waals surface area contributed by atoms with Crippen LogP contribution in [0.2, 0.25) is 0 Å². The standard InChI is InChI=1S/C28H27N9O/c1-16-24(19-11-20-8-9-21(12-19)36(20)28(38)26-31-15-32-35-26)34-27-22(14-33-37(27)25(16)29)18-7-10-23(30-13-18)17-5-3-2-4-6-17/h2-7,10,13-15,19-21H,8-9,11-12,29H2,1H3,(H,31,32,35)/t19-,20-,21+. The molecular formula is C28H27N9O. The van der Waals surface area contributed by atoms with Gasteiger partial charge in [0, 0.05) is 46.5 Å². The molecular weight excluding hydrogens is 478 g/mol. The minimum atomic E-state index is -0.0716. The van der Waals surface area contributed by atoms with Gasteiger partial charge in [0.25, 0.3) is 5.91 Å². The average Bonchev–Trinajstić information content (AvgIpc) is 3.69. The first-order chi connectivity index (χ1) is 18.6. The van der Waals surface area contributed by atoms with Crippen LogP contribution in [0.25, 0.3) is 28.0 Å². The van der Waals surface area contributed by atoms with Crippen LogP contribution in [0.4, 0.5) is 5.82 Å². The number of carbonyl (C=O) groups excluding carboxylic acids is 1. The summed E-state index contributed by atoms with van der Waals surface area (Å²) in [5, 5.41) is 12.3. The molecule has 1 amide bonds. The summed E-state index contributed by atoms with van der Waals surface area (Å²) in [7, 11) is 0. The third kappa shape index (κ3) is 3.55. The van der Waals surface area contributed by atoms with Gasteiger partial charge in [0.05, 0.1) is 17.6 Å². The van der Waals surface area contributed by atoms with Crippen LogP contribution in [0.1, 0.15) is 53.5 Å². The number of aromatic amines is 1. The number of hydrogen-bond acceptors (Lipinski definition) is 7. The number of rotatable bonds is 4. The Morgan fingerprint density at radius 3 is 2.50 bits per heavy atom. The van der Waals surface area contributed by atoms with Crippen LogP contribution in [0.15, 0.2) is 61.2 Å². The second kappa shape index (κ2) is 8.76. The maximum absolute atomic E-state index is 13.1. The van der Waals surface area contributed by atoms with E-state index < -0.39 is 0 Å². The predicted molar refractivity (Wildman–Crippen MR) is 142 cm³/mol. The normalized spacial score (nSPS) is 20.8. The van der Waals surface area contributed by atoms with E-state index in [0.717, 1.165) is 65.0 Å². The van der Waals surface area contributed by atoms with Crippen molar-refractivity contribution in [2.45, 2.75) is 50.6 Å². The summed E-state index contributed by atoms with van der Waals surface area (Å²) in [6.45, 7) is 2.02. The van der Waals surface area contributed by atoms with Crippen LogP contribution >= 0.6 is 0 Å². The topological polar surface area (TPSA) is 131 Å². The van der Waals surface area contributed by atoms with E-state index in [4.69, 9.17) is 15.7 Å². The van der Waals surface area contributed by atoms with Crippen LogP contribution in [0.5, 0.6) is 0 Å². The van der Waals surface area contributed by atoms with Crippen LogP contribution in [0.3, 0.4) is 0 Å². The molecule has 3 atom stereocenters. The Morgan fingerprint density at radius 2 is 1.82 bits per heavy atom. The lowest BCUT2D eigenvalue weighted by Gasteiger charge is -2.38. The summed E-state index contributed by atoms with van der Waals surface area (Å²) in [6, 6.07) is 14.5. The predicted octanol–water partition coefficient (Wildman–Crippen LogP) is 4.02. The van der Waals surface area contributed by atoms with E-state index in [9.17, 15) is 4.79 Å². The Kier molecular flexibility index (Phi) is 5.20. The number of amides is 1. The van der Waals surface area contributed by atoms with E-state index >= 15 is 0 Å². The summed E-state index contributed by atoms with van der Waals surface area (Å²) in [4.78, 5) is 27.8. The first-order valence-corrected chi connectivity index (χ1v) is 12.9. The van der Waals surface area contributed by atoms with Gasteiger partial charge >= 0.3 is 0 Å². The molecule has 0 aliphatic carbocycles. The van der Waals surface area contributed by atoms with Crippen molar-refractivity contribution in [2.24, 2.45) is 0 Å². The number of anilines is 1. The van der Waals surface area contributed by atoms with Gasteiger partial charge in [-0.2, -0.15) is 9.61 Å². The fourth-order valence-electron chi connectivity index (χ4n) is 6.21. The Labute approximate surface area is 218 Å². The molecule has 0 saturated carbocycles. The van der Waals surface area contributed by atoms with E-state index in [1.165, 1.54) is 6.33 Å². The second-order valence-electron chi connectivity index (χ2n) is 10.2. The zero-order chi connectivity index (χ0) is 25.8. The van der Waals surface area contributed by atoms with Crippen LogP contribution in [-0.2, 0) is 0 Å². The van der Waals surface area contributed by atoms with Crippen LogP contribution in [-0.4, -0.2) is 57.7 Å². The molecule has 2 aliphatic heterocycles. The number of nitrogens with one attached hydrogen (secondary N) is 1. The average molecular weight is 506 g/mol. The molecule has 7 rings (SSSR count). The number of carbonyl (C=O) groups is 1. The first-order valence-electron chi connectivity index (χ1n) is 12.9. The lowest BCUT2D eigenvalue weighted by atomic mass is 9.86. The molecule has 2 aliphatic rings. The van der Waals surface area contributed by atoms with Crippen molar-refractivity contribution in [2.75, 3.05) is 5.73 Å². The highest BCUT2D eigenvalue weighted by Gasteiger charge is 2.45. The van der Waals surface area contributed by atoms with Gasteiger partial charge in [-0.1, -0.05) is 36.4 Å². The Balaban J connectivity index is 1.22. The monoisotopic (exact) mass is 505 g/mol. The highest BCUT2D eigenvalue weighted by molar-refractivity contribution is 5.91. The second-order valence-corrected chi connectivity index (χ2v) is 10.2. The van der Waals surface area contributed by atoms with Crippen molar-refractivity contribution in [3.05, 3.63) is 78.3 Å². The third-order valence-electron chi connectivity index (χ3n) is 8.08. The lowest BCUT2D eigenvalue weighted by Crippen LogP contribution is -2.46. The van der Waals surface area contributed by atoms with Gasteiger partial charge in [-0.05, 0) is 38.7 Å². The van der Waals surface area contributed by atoms with E-state index in [1.54, 1.807) is 4.52 Å². The number of benzene rings is 1. The number of aromatic nitrogens is 7. The van der Waals surface area contributed by atoms with Crippen molar-refractivity contribution in [1.29, 1.82) is 0 Å². The Bertz CT molecular complexity index is 1610. The molecule has 2 saturated heterocycles. The number of nitrogen functional groups attached to an aromatic ring is 1. The fraction of sp³-hybridized carbons (Fsp3) is 0.286. The molecule has 10 nitrogen and oxygen atoms in total. The highest BCUT2D eigenvalue weighted by Crippen LogP contribution is 2.44. The summed E-state index contributed by atoms with van der Waals surface area (Å²) >= 11 is 0. The van der Waals surface area contributed by atoms with Gasteiger partial charge in [0.2, 0.25) is 5.82 Å². The summed E-state index contributed by atoms with van der Waals surface area (Å²) < 4.78 is 1.72. The van der Waals surface area contributed by atoms with Crippen LogP contribution in [0, 0.1) is 6.92 Å². The minimum Gasteiger partial charge on any atom is -0.383 e. The Morgan fingerprint density at radius 1 is 1.03 bits per heavy atom. The number of hydrogen-bond donors (Lipinski definition) is 2. The quantitative estimate of drug-likeness (QED) is 0.377. The molecule has 190 valence electrons. The van der Waals surface area contributed by atoms with Gasteiger partial charge < -0.3 is 15.6 Å². The number of nitrogens with zero attached hydrogens (tertiary/aromatic N) is 7.